The molecule has 1 aromatic rings. The fourth-order valence-electron chi connectivity index (χ4n) is 2.57. The number of hydrogen-bond donors (Lipinski definition) is 1. The number of carbonyl (C=O) groups is 2. The van der Waals surface area contributed by atoms with Crippen LogP contribution in [-0.4, -0.2) is 49.7 Å². The van der Waals surface area contributed by atoms with E-state index < -0.39 is 0 Å². The van der Waals surface area contributed by atoms with Crippen LogP contribution in [0.2, 0.25) is 0 Å². The Morgan fingerprint density at radius 3 is 2.52 bits per heavy atom. The van der Waals surface area contributed by atoms with E-state index in [0.717, 1.165) is 37.3 Å². The van der Waals surface area contributed by atoms with Gasteiger partial charge < -0.3 is 19.9 Å². The molecule has 2 amide bonds. The predicted octanol–water partition coefficient (Wildman–Crippen LogP) is 2.70. The summed E-state index contributed by atoms with van der Waals surface area (Å²) in [5, 5.41) is 2.85. The van der Waals surface area contributed by atoms with Crippen molar-refractivity contribution in [1.82, 2.24) is 4.90 Å². The molecule has 0 bridgehead atoms. The van der Waals surface area contributed by atoms with Crippen molar-refractivity contribution in [2.24, 2.45) is 0 Å². The Labute approximate surface area is 137 Å². The maximum atomic E-state index is 12.0. The maximum absolute atomic E-state index is 12.0. The van der Waals surface area contributed by atoms with Crippen molar-refractivity contribution in [3.63, 3.8) is 0 Å². The highest BCUT2D eigenvalue weighted by Crippen LogP contribution is 2.26. The van der Waals surface area contributed by atoms with Gasteiger partial charge >= 0.3 is 6.09 Å². The summed E-state index contributed by atoms with van der Waals surface area (Å²) in [6.45, 7) is 6.75. The lowest BCUT2D eigenvalue weighted by atomic mass is 10.2. The van der Waals surface area contributed by atoms with Crippen molar-refractivity contribution in [2.75, 3.05) is 43.0 Å². The molecule has 23 heavy (non-hydrogen) atoms. The van der Waals surface area contributed by atoms with Crippen LogP contribution in [0.3, 0.4) is 0 Å². The normalized spacial score (nSPS) is 14.5. The number of nitrogens with one attached hydrogen (secondary N) is 1. The smallest absolute Gasteiger partial charge is 0.409 e. The molecule has 126 valence electrons. The minimum atomic E-state index is -0.228. The molecule has 0 saturated carbocycles. The Balaban J connectivity index is 1.92. The van der Waals surface area contributed by atoms with Crippen molar-refractivity contribution >= 4 is 23.4 Å². The zero-order valence-electron chi connectivity index (χ0n) is 13.9. The van der Waals surface area contributed by atoms with Gasteiger partial charge in [0.25, 0.3) is 0 Å². The summed E-state index contributed by atoms with van der Waals surface area (Å²) >= 11 is 0. The van der Waals surface area contributed by atoms with E-state index in [1.807, 2.05) is 24.3 Å². The van der Waals surface area contributed by atoms with Gasteiger partial charge in [0, 0.05) is 33.1 Å². The summed E-state index contributed by atoms with van der Waals surface area (Å²) < 4.78 is 5.25. The number of benzene rings is 1. The molecule has 6 heteroatoms. The topological polar surface area (TPSA) is 61.9 Å². The molecule has 1 N–H and O–H groups in total. The summed E-state index contributed by atoms with van der Waals surface area (Å²) in [5.74, 6) is -0.0874. The van der Waals surface area contributed by atoms with E-state index in [2.05, 4.69) is 17.1 Å². The van der Waals surface area contributed by atoms with Crippen LogP contribution in [0.15, 0.2) is 24.3 Å². The number of hydrogen-bond acceptors (Lipinski definition) is 4. The monoisotopic (exact) mass is 319 g/mol. The second-order valence-corrected chi connectivity index (χ2v) is 5.64. The molecular formula is C17H25N3O3. The Kier molecular flexibility index (Phi) is 6.26. The molecule has 1 fully saturated rings. The molecule has 1 aliphatic heterocycles. The molecule has 0 unspecified atom stereocenters. The minimum absolute atomic E-state index is 0.0874. The Morgan fingerprint density at radius 2 is 1.87 bits per heavy atom. The van der Waals surface area contributed by atoms with E-state index in [0.29, 0.717) is 19.7 Å². The molecule has 1 aliphatic rings. The highest BCUT2D eigenvalue weighted by molar-refractivity contribution is 5.92. The third-order valence-corrected chi connectivity index (χ3v) is 3.82. The maximum Gasteiger partial charge on any atom is 0.409 e. The zero-order valence-corrected chi connectivity index (χ0v) is 13.9. The van der Waals surface area contributed by atoms with Crippen molar-refractivity contribution < 1.29 is 14.3 Å². The van der Waals surface area contributed by atoms with E-state index >= 15 is 0 Å². The SMILES string of the molecule is CCCCOC(=O)N1CCN(c2ccccc2NC(C)=O)CC1. The molecule has 1 aromatic carbocycles. The number of ether oxygens (including phenoxy) is 1. The largest absolute Gasteiger partial charge is 0.449 e. The highest BCUT2D eigenvalue weighted by Gasteiger charge is 2.23. The first-order chi connectivity index (χ1) is 11.1. The first-order valence-electron chi connectivity index (χ1n) is 8.15. The molecule has 1 saturated heterocycles. The van der Waals surface area contributed by atoms with Gasteiger partial charge in [0.05, 0.1) is 18.0 Å². The van der Waals surface area contributed by atoms with Crippen LogP contribution < -0.4 is 10.2 Å². The standard InChI is InChI=1S/C17H25N3O3/c1-3-4-13-23-17(22)20-11-9-19(10-12-20)16-8-6-5-7-15(16)18-14(2)21/h5-8H,3-4,9-13H2,1-2H3,(H,18,21). The molecule has 0 spiro atoms. The van der Waals surface area contributed by atoms with Crippen LogP contribution in [0.4, 0.5) is 16.2 Å². The van der Waals surface area contributed by atoms with Gasteiger partial charge in [-0.05, 0) is 18.6 Å². The first-order valence-corrected chi connectivity index (χ1v) is 8.15. The van der Waals surface area contributed by atoms with Gasteiger partial charge in [-0.15, -0.1) is 0 Å². The molecule has 0 radical (unpaired) electrons. The fourth-order valence-corrected chi connectivity index (χ4v) is 2.57. The van der Waals surface area contributed by atoms with Crippen molar-refractivity contribution in [3.05, 3.63) is 24.3 Å². The summed E-state index contributed by atoms with van der Waals surface area (Å²) in [5.41, 5.74) is 1.79. The van der Waals surface area contributed by atoms with Crippen LogP contribution >= 0.6 is 0 Å². The summed E-state index contributed by atoms with van der Waals surface area (Å²) in [6.07, 6.45) is 1.69. The average molecular weight is 319 g/mol. The van der Waals surface area contributed by atoms with Gasteiger partial charge in [-0.25, -0.2) is 4.79 Å². The lowest BCUT2D eigenvalue weighted by molar-refractivity contribution is -0.114. The number of para-hydroxylation sites is 2. The Hall–Kier alpha value is -2.24. The fraction of sp³-hybridized carbons (Fsp3) is 0.529. The molecule has 0 aromatic heterocycles. The number of unbranched alkanes of at least 4 members (excludes halogenated alkanes) is 1. The van der Waals surface area contributed by atoms with E-state index in [-0.39, 0.29) is 12.0 Å². The minimum Gasteiger partial charge on any atom is -0.449 e. The summed E-state index contributed by atoms with van der Waals surface area (Å²) in [7, 11) is 0. The Morgan fingerprint density at radius 1 is 1.17 bits per heavy atom. The molecule has 6 nitrogen and oxygen atoms in total. The quantitative estimate of drug-likeness (QED) is 0.848. The summed E-state index contributed by atoms with van der Waals surface area (Å²) in [4.78, 5) is 27.2. The molecule has 0 atom stereocenters. The molecular weight excluding hydrogens is 294 g/mol. The van der Waals surface area contributed by atoms with Crippen molar-refractivity contribution in [2.45, 2.75) is 26.7 Å². The zero-order chi connectivity index (χ0) is 16.7. The van der Waals surface area contributed by atoms with Crippen LogP contribution in [0.1, 0.15) is 26.7 Å². The second-order valence-electron chi connectivity index (χ2n) is 5.64. The number of carbonyl (C=O) groups excluding carboxylic acids is 2. The van der Waals surface area contributed by atoms with Crippen LogP contribution in [0.5, 0.6) is 0 Å². The highest BCUT2D eigenvalue weighted by atomic mass is 16.6. The van der Waals surface area contributed by atoms with Crippen LogP contribution in [-0.2, 0) is 9.53 Å². The second kappa shape index (κ2) is 8.41. The van der Waals surface area contributed by atoms with Gasteiger partial charge in [-0.2, -0.15) is 0 Å². The lowest BCUT2D eigenvalue weighted by Crippen LogP contribution is -2.49. The average Bonchev–Trinajstić information content (AvgIpc) is 2.55. The third-order valence-electron chi connectivity index (χ3n) is 3.82. The van der Waals surface area contributed by atoms with Crippen LogP contribution in [0.25, 0.3) is 0 Å². The van der Waals surface area contributed by atoms with Crippen LogP contribution in [0, 0.1) is 0 Å². The number of anilines is 2. The van der Waals surface area contributed by atoms with Crippen molar-refractivity contribution in [1.29, 1.82) is 0 Å². The van der Waals surface area contributed by atoms with E-state index in [1.54, 1.807) is 4.90 Å². The number of piperazine rings is 1. The van der Waals surface area contributed by atoms with E-state index in [9.17, 15) is 9.59 Å². The van der Waals surface area contributed by atoms with E-state index in [4.69, 9.17) is 4.74 Å². The number of nitrogens with zero attached hydrogens (tertiary/aromatic N) is 2. The third kappa shape index (κ3) is 4.87. The van der Waals surface area contributed by atoms with Crippen molar-refractivity contribution in [3.8, 4) is 0 Å². The van der Waals surface area contributed by atoms with Gasteiger partial charge in [-0.1, -0.05) is 25.5 Å². The molecule has 0 aliphatic carbocycles. The van der Waals surface area contributed by atoms with Gasteiger partial charge in [-0.3, -0.25) is 4.79 Å². The lowest BCUT2D eigenvalue weighted by Gasteiger charge is -2.36. The number of rotatable bonds is 5. The molecule has 2 rings (SSSR count). The van der Waals surface area contributed by atoms with E-state index in [1.165, 1.54) is 6.92 Å². The Bertz CT molecular complexity index is 540. The summed E-state index contributed by atoms with van der Waals surface area (Å²) in [6, 6.07) is 7.73. The predicted molar refractivity (Wildman–Crippen MR) is 90.8 cm³/mol. The van der Waals surface area contributed by atoms with Gasteiger partial charge in [0.1, 0.15) is 0 Å². The first kappa shape index (κ1) is 17.1. The van der Waals surface area contributed by atoms with Gasteiger partial charge in [0.2, 0.25) is 5.91 Å². The number of amides is 2. The molecule has 1 heterocycles. The van der Waals surface area contributed by atoms with Gasteiger partial charge in [0.15, 0.2) is 0 Å².